The quantitative estimate of drug-likeness (QED) is 0.611. The number of nitrogens with zero attached hydrogens (tertiary/aromatic N) is 2. The lowest BCUT2D eigenvalue weighted by Crippen LogP contribution is -2.65. The third-order valence-electron chi connectivity index (χ3n) is 5.99. The minimum absolute atomic E-state index is 0.0263. The van der Waals surface area contributed by atoms with Crippen LogP contribution in [-0.2, 0) is 9.59 Å². The molecule has 9 heteroatoms. The van der Waals surface area contributed by atoms with Crippen molar-refractivity contribution >= 4 is 40.5 Å². The fourth-order valence-electron chi connectivity index (χ4n) is 4.55. The average molecular weight is 436 g/mol. The molecule has 156 valence electrons. The molecule has 4 heterocycles. The molecule has 0 radical (unpaired) electrons. The summed E-state index contributed by atoms with van der Waals surface area (Å²) in [5.74, 6) is -2.02. The van der Waals surface area contributed by atoms with E-state index in [9.17, 15) is 19.8 Å². The van der Waals surface area contributed by atoms with Crippen molar-refractivity contribution in [3.8, 4) is 0 Å². The minimum Gasteiger partial charge on any atom is -0.477 e. The molecule has 0 aliphatic carbocycles. The highest BCUT2D eigenvalue weighted by Gasteiger charge is 2.64. The summed E-state index contributed by atoms with van der Waals surface area (Å²) in [7, 11) is 0. The van der Waals surface area contributed by atoms with E-state index in [1.54, 1.807) is 6.92 Å². The largest absolute Gasteiger partial charge is 0.477 e. The number of aliphatic hydroxyl groups is 1. The molecule has 3 aliphatic rings. The molecule has 29 heavy (non-hydrogen) atoms. The summed E-state index contributed by atoms with van der Waals surface area (Å²) >= 11 is 2.82. The van der Waals surface area contributed by atoms with Gasteiger partial charge in [-0.05, 0) is 25.8 Å². The van der Waals surface area contributed by atoms with E-state index in [0.717, 1.165) is 23.0 Å². The van der Waals surface area contributed by atoms with E-state index in [-0.39, 0.29) is 17.6 Å². The zero-order valence-electron chi connectivity index (χ0n) is 16.8. The first-order valence-electron chi connectivity index (χ1n) is 9.68. The summed E-state index contributed by atoms with van der Waals surface area (Å²) in [6.07, 6.45) is 2.23. The fourth-order valence-corrected chi connectivity index (χ4v) is 6.69. The number of hydrogen-bond donors (Lipinski definition) is 3. The maximum Gasteiger partial charge on any atom is 0.353 e. The standard InChI is InChI=1S/C20H25N3O4S2/c1-9-7-11(5-6-21-9)12-8-28-19(22-12)29-16-14(18(26)27)23-15(20(16,3)4)13(10(2)24)17(23)25/h5,8-10,13,15,21,24H,6-7H2,1-4H3,(H,26,27)/t9-,10-,13-,15+/m1/s1. The molecule has 0 unspecified atom stereocenters. The van der Waals surface area contributed by atoms with Gasteiger partial charge in [-0.1, -0.05) is 31.7 Å². The summed E-state index contributed by atoms with van der Waals surface area (Å²) in [6.45, 7) is 8.42. The number of carbonyl (C=O) groups excluding carboxylic acids is 1. The monoisotopic (exact) mass is 435 g/mol. The van der Waals surface area contributed by atoms with Crippen LogP contribution in [0.3, 0.4) is 0 Å². The van der Waals surface area contributed by atoms with Crippen molar-refractivity contribution in [1.82, 2.24) is 15.2 Å². The van der Waals surface area contributed by atoms with Gasteiger partial charge in [0, 0.05) is 28.3 Å². The van der Waals surface area contributed by atoms with Gasteiger partial charge in [0.15, 0.2) is 4.34 Å². The highest BCUT2D eigenvalue weighted by Crippen LogP contribution is 2.58. The Hall–Kier alpha value is -1.68. The van der Waals surface area contributed by atoms with Crippen LogP contribution in [0.25, 0.3) is 5.57 Å². The van der Waals surface area contributed by atoms with Gasteiger partial charge in [-0.3, -0.25) is 4.79 Å². The number of aliphatic hydroxyl groups excluding tert-OH is 1. The molecule has 0 bridgehead atoms. The molecule has 1 amide bonds. The van der Waals surface area contributed by atoms with Crippen LogP contribution in [0.15, 0.2) is 26.4 Å². The second kappa shape index (κ2) is 7.23. The number of fused-ring (bicyclic) bond motifs is 1. The highest BCUT2D eigenvalue weighted by molar-refractivity contribution is 8.04. The lowest BCUT2D eigenvalue weighted by Gasteiger charge is -2.49. The number of rotatable bonds is 5. The van der Waals surface area contributed by atoms with E-state index >= 15 is 0 Å². The van der Waals surface area contributed by atoms with Gasteiger partial charge in [0.25, 0.3) is 0 Å². The molecule has 7 nitrogen and oxygen atoms in total. The number of carboxylic acids is 1. The number of aromatic nitrogens is 1. The number of aliphatic carboxylic acids is 1. The first-order valence-corrected chi connectivity index (χ1v) is 11.4. The van der Waals surface area contributed by atoms with E-state index in [2.05, 4.69) is 18.3 Å². The molecule has 0 spiro atoms. The minimum atomic E-state index is -1.12. The van der Waals surface area contributed by atoms with Crippen molar-refractivity contribution < 1.29 is 19.8 Å². The van der Waals surface area contributed by atoms with Gasteiger partial charge in [0.1, 0.15) is 5.70 Å². The van der Waals surface area contributed by atoms with E-state index < -0.39 is 23.4 Å². The number of thioether (sulfide) groups is 1. The Morgan fingerprint density at radius 3 is 2.83 bits per heavy atom. The normalized spacial score (nSPS) is 29.4. The van der Waals surface area contributed by atoms with Crippen LogP contribution in [-0.4, -0.2) is 56.7 Å². The Bertz CT molecular complexity index is 934. The third-order valence-corrected chi connectivity index (χ3v) is 8.35. The maximum atomic E-state index is 12.6. The summed E-state index contributed by atoms with van der Waals surface area (Å²) < 4.78 is 0.762. The molecular formula is C20H25N3O4S2. The Balaban J connectivity index is 1.65. The zero-order chi connectivity index (χ0) is 21.1. The molecule has 3 N–H and O–H groups in total. The number of hydrogen-bond acceptors (Lipinski definition) is 7. The van der Waals surface area contributed by atoms with Crippen LogP contribution in [0.5, 0.6) is 0 Å². The van der Waals surface area contributed by atoms with Gasteiger partial charge in [-0.25, -0.2) is 9.78 Å². The molecular weight excluding hydrogens is 410 g/mol. The van der Waals surface area contributed by atoms with Gasteiger partial charge < -0.3 is 20.4 Å². The molecule has 1 aromatic heterocycles. The van der Waals surface area contributed by atoms with Crippen LogP contribution in [0.4, 0.5) is 0 Å². The first kappa shape index (κ1) is 20.6. The van der Waals surface area contributed by atoms with Crippen molar-refractivity contribution in [3.05, 3.63) is 27.8 Å². The molecule has 3 aliphatic heterocycles. The van der Waals surface area contributed by atoms with E-state index in [1.807, 2.05) is 19.2 Å². The predicted octanol–water partition coefficient (Wildman–Crippen LogP) is 2.54. The number of carbonyl (C=O) groups is 2. The van der Waals surface area contributed by atoms with Crippen LogP contribution in [0.2, 0.25) is 0 Å². The average Bonchev–Trinajstić information content (AvgIpc) is 3.16. The summed E-state index contributed by atoms with van der Waals surface area (Å²) in [5.41, 5.74) is 1.58. The second-order valence-electron chi connectivity index (χ2n) is 8.47. The van der Waals surface area contributed by atoms with Gasteiger partial charge in [0.05, 0.1) is 23.8 Å². The Morgan fingerprint density at radius 1 is 1.48 bits per heavy atom. The van der Waals surface area contributed by atoms with Crippen molar-refractivity contribution in [3.63, 3.8) is 0 Å². The molecule has 1 aromatic rings. The summed E-state index contributed by atoms with van der Waals surface area (Å²) in [6, 6.07) is 0.0470. The van der Waals surface area contributed by atoms with Crippen LogP contribution in [0.1, 0.15) is 39.8 Å². The smallest absolute Gasteiger partial charge is 0.353 e. The number of thiazole rings is 1. The van der Waals surface area contributed by atoms with Gasteiger partial charge in [0.2, 0.25) is 5.91 Å². The number of nitrogens with one attached hydrogen (secondary N) is 1. The molecule has 0 saturated carbocycles. The Labute approximate surface area is 177 Å². The van der Waals surface area contributed by atoms with Crippen molar-refractivity contribution in [2.45, 2.75) is 56.6 Å². The van der Waals surface area contributed by atoms with E-state index in [4.69, 9.17) is 4.98 Å². The molecule has 4 rings (SSSR count). The summed E-state index contributed by atoms with van der Waals surface area (Å²) in [5, 5.41) is 25.3. The Kier molecular flexibility index (Phi) is 5.13. The zero-order valence-corrected chi connectivity index (χ0v) is 18.4. The second-order valence-corrected chi connectivity index (χ2v) is 10.6. The summed E-state index contributed by atoms with van der Waals surface area (Å²) in [4.78, 5) is 31.3. The lowest BCUT2D eigenvalue weighted by atomic mass is 9.71. The molecule has 1 saturated heterocycles. The number of amides is 1. The maximum absolute atomic E-state index is 12.6. The van der Waals surface area contributed by atoms with Gasteiger partial charge >= 0.3 is 5.97 Å². The van der Waals surface area contributed by atoms with E-state index in [1.165, 1.54) is 33.6 Å². The van der Waals surface area contributed by atoms with E-state index in [0.29, 0.717) is 10.9 Å². The van der Waals surface area contributed by atoms with Crippen LogP contribution in [0, 0.1) is 11.3 Å². The topological polar surface area (TPSA) is 103 Å². The number of β-lactam (4-membered cyclic amide) rings is 1. The van der Waals surface area contributed by atoms with Crippen LogP contribution >= 0.6 is 23.1 Å². The van der Waals surface area contributed by atoms with Crippen molar-refractivity contribution in [2.24, 2.45) is 11.3 Å². The van der Waals surface area contributed by atoms with Crippen LogP contribution < -0.4 is 5.32 Å². The van der Waals surface area contributed by atoms with Crippen molar-refractivity contribution in [1.29, 1.82) is 0 Å². The Morgan fingerprint density at radius 2 is 2.21 bits per heavy atom. The number of carboxylic acid groups (broad SMARTS) is 1. The lowest BCUT2D eigenvalue weighted by molar-refractivity contribution is -0.166. The van der Waals surface area contributed by atoms with Gasteiger partial charge in [-0.2, -0.15) is 0 Å². The molecule has 4 atom stereocenters. The predicted molar refractivity (Wildman–Crippen MR) is 112 cm³/mol. The van der Waals surface area contributed by atoms with Gasteiger partial charge in [-0.15, -0.1) is 11.3 Å². The highest BCUT2D eigenvalue weighted by atomic mass is 32.2. The SMILES string of the molecule is C[C@@H]1CC(c2csc(SC3=C(C(=O)O)N4C(=O)[C@H]([C@@H](C)O)[C@H]4C3(C)C)n2)=CCN1. The third kappa shape index (κ3) is 3.24. The molecule has 1 fully saturated rings. The van der Waals surface area contributed by atoms with Crippen molar-refractivity contribution in [2.75, 3.05) is 6.54 Å². The molecule has 0 aromatic carbocycles. The fraction of sp³-hybridized carbons (Fsp3) is 0.550. The first-order chi connectivity index (χ1) is 13.6.